The summed E-state index contributed by atoms with van der Waals surface area (Å²) in [5.74, 6) is 1.93. The summed E-state index contributed by atoms with van der Waals surface area (Å²) in [7, 11) is 0. The van der Waals surface area contributed by atoms with E-state index in [4.69, 9.17) is 5.73 Å². The van der Waals surface area contributed by atoms with Crippen LogP contribution < -0.4 is 5.73 Å². The molecular weight excluding hydrogens is 197 g/mol. The van der Waals surface area contributed by atoms with Crippen molar-refractivity contribution in [1.82, 2.24) is 0 Å². The minimum Gasteiger partial charge on any atom is -0.330 e. The highest BCUT2D eigenvalue weighted by atomic mass is 32.2. The minimum atomic E-state index is -0.165. The standard InChI is InChI=1S/C11H16FNS/c12-11-5-3-10(4-6-11)9-14-8-2-1-7-13/h3-6H,1-2,7-9,13H2. The lowest BCUT2D eigenvalue weighted by Crippen LogP contribution is -1.98. The molecule has 0 aliphatic heterocycles. The van der Waals surface area contributed by atoms with Crippen LogP contribution in [0.25, 0.3) is 0 Å². The van der Waals surface area contributed by atoms with Crippen LogP contribution in [-0.4, -0.2) is 12.3 Å². The van der Waals surface area contributed by atoms with Crippen molar-refractivity contribution in [2.45, 2.75) is 18.6 Å². The zero-order valence-electron chi connectivity index (χ0n) is 8.21. The summed E-state index contributed by atoms with van der Waals surface area (Å²) in [5.41, 5.74) is 6.57. The number of hydrogen-bond acceptors (Lipinski definition) is 2. The van der Waals surface area contributed by atoms with Crippen molar-refractivity contribution in [3.05, 3.63) is 35.6 Å². The zero-order chi connectivity index (χ0) is 10.2. The van der Waals surface area contributed by atoms with Crippen molar-refractivity contribution < 1.29 is 4.39 Å². The summed E-state index contributed by atoms with van der Waals surface area (Å²) in [5, 5.41) is 0. The Bertz CT molecular complexity index is 248. The minimum absolute atomic E-state index is 0.165. The van der Waals surface area contributed by atoms with E-state index in [1.165, 1.54) is 24.1 Å². The maximum Gasteiger partial charge on any atom is 0.123 e. The van der Waals surface area contributed by atoms with E-state index in [2.05, 4.69) is 0 Å². The Hall–Kier alpha value is -0.540. The third kappa shape index (κ3) is 4.63. The van der Waals surface area contributed by atoms with Crippen LogP contribution >= 0.6 is 11.8 Å². The fraction of sp³-hybridized carbons (Fsp3) is 0.455. The monoisotopic (exact) mass is 213 g/mol. The second kappa shape index (κ2) is 6.85. The van der Waals surface area contributed by atoms with E-state index in [0.29, 0.717) is 0 Å². The van der Waals surface area contributed by atoms with Gasteiger partial charge in [0.1, 0.15) is 5.82 Å². The van der Waals surface area contributed by atoms with Crippen LogP contribution in [-0.2, 0) is 5.75 Å². The van der Waals surface area contributed by atoms with Gasteiger partial charge in [-0.25, -0.2) is 4.39 Å². The summed E-state index contributed by atoms with van der Waals surface area (Å²) in [6.07, 6.45) is 2.26. The Morgan fingerprint density at radius 2 is 1.86 bits per heavy atom. The van der Waals surface area contributed by atoms with Crippen LogP contribution in [0.15, 0.2) is 24.3 Å². The molecule has 1 nitrogen and oxygen atoms in total. The molecule has 0 fully saturated rings. The lowest BCUT2D eigenvalue weighted by Gasteiger charge is -2.01. The molecule has 0 atom stereocenters. The predicted octanol–water partition coefficient (Wildman–Crippen LogP) is 2.80. The smallest absolute Gasteiger partial charge is 0.123 e. The number of rotatable bonds is 6. The molecule has 1 aromatic carbocycles. The first-order valence-corrected chi connectivity index (χ1v) is 6.00. The van der Waals surface area contributed by atoms with E-state index in [0.717, 1.165) is 24.5 Å². The first-order valence-electron chi connectivity index (χ1n) is 4.85. The van der Waals surface area contributed by atoms with Crippen molar-refractivity contribution >= 4 is 11.8 Å². The SMILES string of the molecule is NCCCCSCc1ccc(F)cc1. The summed E-state index contributed by atoms with van der Waals surface area (Å²) in [6, 6.07) is 6.70. The molecule has 3 heteroatoms. The number of unbranched alkanes of at least 4 members (excludes halogenated alkanes) is 1. The molecule has 0 radical (unpaired) electrons. The van der Waals surface area contributed by atoms with E-state index in [1.807, 2.05) is 23.9 Å². The molecule has 0 bridgehead atoms. The Balaban J connectivity index is 2.15. The fourth-order valence-electron chi connectivity index (χ4n) is 1.12. The van der Waals surface area contributed by atoms with Gasteiger partial charge in [0.05, 0.1) is 0 Å². The number of thioether (sulfide) groups is 1. The van der Waals surface area contributed by atoms with Crippen LogP contribution in [0.3, 0.4) is 0 Å². The van der Waals surface area contributed by atoms with Gasteiger partial charge in [0.2, 0.25) is 0 Å². The lowest BCUT2D eigenvalue weighted by molar-refractivity contribution is 0.627. The van der Waals surface area contributed by atoms with Crippen molar-refractivity contribution in [3.8, 4) is 0 Å². The average Bonchev–Trinajstić information content (AvgIpc) is 2.21. The van der Waals surface area contributed by atoms with Crippen LogP contribution in [0.5, 0.6) is 0 Å². The van der Waals surface area contributed by atoms with Crippen LogP contribution in [0.4, 0.5) is 4.39 Å². The quantitative estimate of drug-likeness (QED) is 0.735. The van der Waals surface area contributed by atoms with E-state index in [1.54, 1.807) is 0 Å². The van der Waals surface area contributed by atoms with E-state index >= 15 is 0 Å². The maximum atomic E-state index is 12.6. The molecule has 0 amide bonds. The molecule has 78 valence electrons. The van der Waals surface area contributed by atoms with Crippen LogP contribution in [0, 0.1) is 5.82 Å². The highest BCUT2D eigenvalue weighted by Gasteiger charge is 1.94. The Kier molecular flexibility index (Phi) is 5.64. The number of benzene rings is 1. The molecule has 0 saturated heterocycles. The van der Waals surface area contributed by atoms with Crippen LogP contribution in [0.1, 0.15) is 18.4 Å². The van der Waals surface area contributed by atoms with Crippen molar-refractivity contribution in [1.29, 1.82) is 0 Å². The van der Waals surface area contributed by atoms with Gasteiger partial charge in [-0.15, -0.1) is 0 Å². The maximum absolute atomic E-state index is 12.6. The van der Waals surface area contributed by atoms with Crippen molar-refractivity contribution in [2.24, 2.45) is 5.73 Å². The molecule has 0 unspecified atom stereocenters. The predicted molar refractivity (Wildman–Crippen MR) is 60.9 cm³/mol. The molecule has 0 saturated carbocycles. The van der Waals surface area contributed by atoms with Crippen molar-refractivity contribution in [2.75, 3.05) is 12.3 Å². The highest BCUT2D eigenvalue weighted by Crippen LogP contribution is 2.13. The van der Waals surface area contributed by atoms with Gasteiger partial charge in [-0.05, 0) is 42.8 Å². The van der Waals surface area contributed by atoms with Gasteiger partial charge in [-0.1, -0.05) is 12.1 Å². The Labute approximate surface area is 88.9 Å². The molecule has 1 aromatic rings. The highest BCUT2D eigenvalue weighted by molar-refractivity contribution is 7.98. The Morgan fingerprint density at radius 1 is 1.14 bits per heavy atom. The summed E-state index contributed by atoms with van der Waals surface area (Å²) in [6.45, 7) is 0.775. The van der Waals surface area contributed by atoms with Gasteiger partial charge in [0.15, 0.2) is 0 Å². The molecule has 14 heavy (non-hydrogen) atoms. The van der Waals surface area contributed by atoms with Gasteiger partial charge >= 0.3 is 0 Å². The molecule has 1 rings (SSSR count). The fourth-order valence-corrected chi connectivity index (χ4v) is 2.10. The lowest BCUT2D eigenvalue weighted by atomic mass is 10.2. The average molecular weight is 213 g/mol. The second-order valence-electron chi connectivity index (χ2n) is 3.17. The molecular formula is C11H16FNS. The molecule has 0 aliphatic rings. The molecule has 0 spiro atoms. The normalized spacial score (nSPS) is 10.4. The topological polar surface area (TPSA) is 26.0 Å². The molecule has 0 heterocycles. The zero-order valence-corrected chi connectivity index (χ0v) is 9.02. The van der Waals surface area contributed by atoms with E-state index in [9.17, 15) is 4.39 Å². The van der Waals surface area contributed by atoms with Gasteiger partial charge in [0, 0.05) is 5.75 Å². The van der Waals surface area contributed by atoms with Gasteiger partial charge in [0.25, 0.3) is 0 Å². The molecule has 2 N–H and O–H groups in total. The number of halogens is 1. The van der Waals surface area contributed by atoms with E-state index in [-0.39, 0.29) is 5.82 Å². The molecule has 0 aliphatic carbocycles. The van der Waals surface area contributed by atoms with Gasteiger partial charge < -0.3 is 5.73 Å². The van der Waals surface area contributed by atoms with Gasteiger partial charge in [-0.2, -0.15) is 11.8 Å². The van der Waals surface area contributed by atoms with E-state index < -0.39 is 0 Å². The second-order valence-corrected chi connectivity index (χ2v) is 4.28. The third-order valence-electron chi connectivity index (χ3n) is 1.92. The largest absolute Gasteiger partial charge is 0.330 e. The van der Waals surface area contributed by atoms with Crippen molar-refractivity contribution in [3.63, 3.8) is 0 Å². The first kappa shape index (κ1) is 11.5. The Morgan fingerprint density at radius 3 is 2.50 bits per heavy atom. The number of nitrogens with two attached hydrogens (primary N) is 1. The van der Waals surface area contributed by atoms with Crippen LogP contribution in [0.2, 0.25) is 0 Å². The first-order chi connectivity index (χ1) is 6.83. The van der Waals surface area contributed by atoms with Gasteiger partial charge in [-0.3, -0.25) is 0 Å². The summed E-state index contributed by atoms with van der Waals surface area (Å²) in [4.78, 5) is 0. The summed E-state index contributed by atoms with van der Waals surface area (Å²) < 4.78 is 12.6. The third-order valence-corrected chi connectivity index (χ3v) is 3.04. The number of hydrogen-bond donors (Lipinski definition) is 1. The summed E-state index contributed by atoms with van der Waals surface area (Å²) >= 11 is 1.87. The molecule has 0 aromatic heterocycles.